The lowest BCUT2D eigenvalue weighted by molar-refractivity contribution is -0.136. The van der Waals surface area contributed by atoms with Gasteiger partial charge in [0.15, 0.2) is 0 Å². The van der Waals surface area contributed by atoms with Crippen molar-refractivity contribution in [2.24, 2.45) is 5.41 Å². The molecule has 0 bridgehead atoms. The zero-order chi connectivity index (χ0) is 40.0. The van der Waals surface area contributed by atoms with E-state index in [-0.39, 0.29) is 0 Å². The molecule has 0 aliphatic rings. The van der Waals surface area contributed by atoms with E-state index in [4.69, 9.17) is 19.6 Å². The highest BCUT2D eigenvalue weighted by Gasteiger charge is 2.54. The molecule has 0 aliphatic heterocycles. The number of aliphatic hydroxyl groups is 4. The van der Waals surface area contributed by atoms with Crippen molar-refractivity contribution in [3.05, 3.63) is 213 Å². The van der Waals surface area contributed by atoms with Gasteiger partial charge in [-0.3, -0.25) is 0 Å². The molecule has 8 N–H and O–H groups in total. The van der Waals surface area contributed by atoms with Gasteiger partial charge in [-0.05, 0) is 81.3 Å². The summed E-state index contributed by atoms with van der Waals surface area (Å²) in [5, 5.41) is 46.5. The molecule has 0 aromatic heterocycles. The van der Waals surface area contributed by atoms with Gasteiger partial charge in [0.05, 0.1) is 25.2 Å². The van der Waals surface area contributed by atoms with Gasteiger partial charge in [0.25, 0.3) is 0 Å². The molecule has 0 saturated heterocycles. The first-order valence-electron chi connectivity index (χ1n) is 18.1. The Labute approximate surface area is 330 Å². The Hall–Kier alpha value is -4.18. The number of aliphatic hydroxyl groups excluding tert-OH is 3. The van der Waals surface area contributed by atoms with Crippen molar-refractivity contribution < 1.29 is 44.3 Å². The molecule has 0 amide bonds. The van der Waals surface area contributed by atoms with Crippen LogP contribution in [0.2, 0.25) is 0 Å². The highest BCUT2D eigenvalue weighted by molar-refractivity contribution is 7.53. The van der Waals surface area contributed by atoms with Gasteiger partial charge in [-0.2, -0.15) is 0 Å². The van der Waals surface area contributed by atoms with Crippen LogP contribution in [-0.2, 0) is 35.6 Å². The molecular formula is C45H48O9P2. The normalized spacial score (nSPS) is 11.8. The Morgan fingerprint density at radius 3 is 0.964 bits per heavy atom. The van der Waals surface area contributed by atoms with Crippen LogP contribution in [0.3, 0.4) is 0 Å². The van der Waals surface area contributed by atoms with E-state index in [1.165, 1.54) is 11.1 Å². The second-order valence-electron chi connectivity index (χ2n) is 13.7. The predicted molar refractivity (Wildman–Crippen MR) is 220 cm³/mol. The van der Waals surface area contributed by atoms with Crippen LogP contribution >= 0.6 is 17.2 Å². The van der Waals surface area contributed by atoms with Gasteiger partial charge in [0, 0.05) is 0 Å². The van der Waals surface area contributed by atoms with E-state index in [2.05, 4.69) is 65.0 Å². The molecule has 0 aliphatic carbocycles. The van der Waals surface area contributed by atoms with Crippen molar-refractivity contribution in [3.8, 4) is 0 Å². The Kier molecular flexibility index (Phi) is 16.0. The first kappa shape index (κ1) is 43.0. The summed E-state index contributed by atoms with van der Waals surface area (Å²) in [5.74, 6) is 0. The maximum absolute atomic E-state index is 13.5. The molecule has 6 rings (SSSR count). The van der Waals surface area contributed by atoms with Crippen LogP contribution in [0.25, 0.3) is 0 Å². The van der Waals surface area contributed by atoms with Crippen molar-refractivity contribution >= 4 is 17.2 Å². The Morgan fingerprint density at radius 2 is 0.696 bits per heavy atom. The van der Waals surface area contributed by atoms with Crippen LogP contribution < -0.4 is 0 Å². The number of hydrogen-bond donors (Lipinski definition) is 8. The third kappa shape index (κ3) is 11.0. The second kappa shape index (κ2) is 20.8. The van der Waals surface area contributed by atoms with Gasteiger partial charge >= 0.3 is 17.2 Å². The average Bonchev–Trinajstić information content (AvgIpc) is 3.20. The van der Waals surface area contributed by atoms with Crippen molar-refractivity contribution in [1.82, 2.24) is 0 Å². The summed E-state index contributed by atoms with van der Waals surface area (Å²) in [4.78, 5) is 31.3. The maximum Gasteiger partial charge on any atom is 0.334 e. The van der Waals surface area contributed by atoms with Gasteiger partial charge in [0.1, 0.15) is 5.60 Å². The molecule has 6 aromatic carbocycles. The fourth-order valence-corrected chi connectivity index (χ4v) is 7.60. The predicted octanol–water partition coefficient (Wildman–Crippen LogP) is 6.68. The summed E-state index contributed by atoms with van der Waals surface area (Å²) in [6.45, 7) is -1.91. The fourth-order valence-electron chi connectivity index (χ4n) is 7.08. The van der Waals surface area contributed by atoms with Crippen molar-refractivity contribution in [2.45, 2.75) is 31.3 Å². The second-order valence-corrected chi connectivity index (χ2v) is 15.3. The summed E-state index contributed by atoms with van der Waals surface area (Å²) >= 11 is 0. The topological polar surface area (TPSA) is 171 Å². The molecule has 0 radical (unpaired) electrons. The first-order valence-corrected chi connectivity index (χ1v) is 20.4. The third-order valence-electron chi connectivity index (χ3n) is 9.92. The quantitative estimate of drug-likeness (QED) is 0.0499. The summed E-state index contributed by atoms with van der Waals surface area (Å²) in [6, 6.07) is 52.8. The molecule has 56 heavy (non-hydrogen) atoms. The van der Waals surface area contributed by atoms with E-state index in [1.54, 1.807) is 0 Å². The first-order chi connectivity index (χ1) is 27.1. The van der Waals surface area contributed by atoms with Crippen LogP contribution in [0, 0.1) is 5.41 Å². The van der Waals surface area contributed by atoms with Gasteiger partial charge in [-0.15, -0.1) is 0 Å². The molecule has 292 valence electrons. The molecule has 0 fully saturated rings. The fraction of sp³-hybridized carbons (Fsp3) is 0.200. The molecule has 0 unspecified atom stereocenters. The van der Waals surface area contributed by atoms with E-state index >= 15 is 0 Å². The van der Waals surface area contributed by atoms with E-state index in [0.29, 0.717) is 36.8 Å². The molecular weight excluding hydrogens is 746 g/mol. The van der Waals surface area contributed by atoms with Crippen molar-refractivity contribution in [3.63, 3.8) is 0 Å². The molecule has 0 saturated carbocycles. The zero-order valence-corrected chi connectivity index (χ0v) is 32.6. The largest absolute Gasteiger partial charge is 0.395 e. The Bertz CT molecular complexity index is 1920. The van der Waals surface area contributed by atoms with E-state index in [0.717, 1.165) is 33.4 Å². The monoisotopic (exact) mass is 794 g/mol. The third-order valence-corrected chi connectivity index (χ3v) is 11.1. The average molecular weight is 795 g/mol. The lowest BCUT2D eigenvalue weighted by Crippen LogP contribution is -2.55. The van der Waals surface area contributed by atoms with Gasteiger partial charge in [0.2, 0.25) is 0 Å². The van der Waals surface area contributed by atoms with Crippen LogP contribution in [0.15, 0.2) is 158 Å². The Morgan fingerprint density at radius 1 is 0.393 bits per heavy atom. The Balaban J connectivity index is 0.000000784. The molecule has 9 nitrogen and oxygen atoms in total. The smallest absolute Gasteiger partial charge is 0.334 e. The molecule has 11 heteroatoms. The van der Waals surface area contributed by atoms with E-state index in [1.807, 2.05) is 97.1 Å². The molecule has 0 atom stereocenters. The highest BCUT2D eigenvalue weighted by Crippen LogP contribution is 2.48. The SMILES string of the molecule is OCC(CO)(CO)C(O)(c1ccc(Cc2ccccc2)cc1Cc1ccccc1)c1ccc(Cc2ccccc2)cc1Cc1ccccc1.OP(O)OP(O)O. The van der Waals surface area contributed by atoms with Crippen LogP contribution in [0.5, 0.6) is 0 Å². The van der Waals surface area contributed by atoms with Crippen LogP contribution in [0.4, 0.5) is 0 Å². The van der Waals surface area contributed by atoms with Crippen molar-refractivity contribution in [1.29, 1.82) is 0 Å². The van der Waals surface area contributed by atoms with Gasteiger partial charge in [-0.25, -0.2) is 4.31 Å². The molecule has 0 heterocycles. The number of benzene rings is 6. The summed E-state index contributed by atoms with van der Waals surface area (Å²) < 4.78 is 3.60. The number of hydrogen-bond acceptors (Lipinski definition) is 9. The van der Waals surface area contributed by atoms with Crippen LogP contribution in [-0.4, -0.2) is 59.8 Å². The minimum absolute atomic E-state index is 0.513. The van der Waals surface area contributed by atoms with Crippen molar-refractivity contribution in [2.75, 3.05) is 19.8 Å². The minimum atomic E-state index is -2.61. The zero-order valence-electron chi connectivity index (χ0n) is 30.8. The van der Waals surface area contributed by atoms with Crippen LogP contribution in [0.1, 0.15) is 55.6 Å². The summed E-state index contributed by atoms with van der Waals surface area (Å²) in [6.07, 6.45) is 2.44. The van der Waals surface area contributed by atoms with Gasteiger partial charge in [-0.1, -0.05) is 158 Å². The minimum Gasteiger partial charge on any atom is -0.395 e. The summed E-state index contributed by atoms with van der Waals surface area (Å²) in [5.41, 5.74) is 5.79. The standard InChI is InChI=1S/C45H44O4.H4O5P2/c46-31-44(32-47,33-48)45(49,42-23-21-38(25-34-13-5-1-6-14-34)29-40(42)27-36-17-9-3-10-18-36)43-24-22-39(26-35-15-7-2-8-16-35)30-41(43)28-37-19-11-4-12-20-37;1-6(2)5-7(3)4/h1-24,29-30,46-49H,25-28,31-33H2;1-4H. The lowest BCUT2D eigenvalue weighted by atomic mass is 9.63. The molecule has 6 aromatic rings. The maximum atomic E-state index is 13.5. The van der Waals surface area contributed by atoms with Gasteiger partial charge < -0.3 is 40.0 Å². The van der Waals surface area contributed by atoms with E-state index < -0.39 is 48.0 Å². The van der Waals surface area contributed by atoms with E-state index in [9.17, 15) is 20.4 Å². The lowest BCUT2D eigenvalue weighted by Gasteiger charge is -2.47. The highest BCUT2D eigenvalue weighted by atomic mass is 31.2. The molecule has 0 spiro atoms. The number of rotatable bonds is 16. The summed E-state index contributed by atoms with van der Waals surface area (Å²) in [7, 11) is -5.22.